The number of nitrogens with zero attached hydrogens (tertiary/aromatic N) is 2. The van der Waals surface area contributed by atoms with Crippen LogP contribution >= 0.6 is 0 Å². The average Bonchev–Trinajstić information content (AvgIpc) is 2.56. The van der Waals surface area contributed by atoms with Gasteiger partial charge < -0.3 is 4.90 Å². The van der Waals surface area contributed by atoms with E-state index in [4.69, 9.17) is 0 Å². The summed E-state index contributed by atoms with van der Waals surface area (Å²) in [5.41, 5.74) is 3.57. The van der Waals surface area contributed by atoms with Crippen molar-refractivity contribution in [2.45, 2.75) is 6.54 Å². The normalized spacial score (nSPS) is 13.8. The van der Waals surface area contributed by atoms with Crippen molar-refractivity contribution in [2.75, 3.05) is 6.54 Å². The predicted molar refractivity (Wildman–Crippen MR) is 87.1 cm³/mol. The van der Waals surface area contributed by atoms with Crippen LogP contribution < -0.4 is 0 Å². The molecule has 0 saturated carbocycles. The molecule has 1 aliphatic rings. The molecule has 0 saturated heterocycles. The van der Waals surface area contributed by atoms with E-state index in [9.17, 15) is 10.1 Å². The summed E-state index contributed by atoms with van der Waals surface area (Å²) in [6.07, 6.45) is 6.15. The van der Waals surface area contributed by atoms with Crippen LogP contribution in [0, 0.1) is 10.1 Å². The molecular formula is C18H16N2O2. The summed E-state index contributed by atoms with van der Waals surface area (Å²) in [4.78, 5) is 12.6. The summed E-state index contributed by atoms with van der Waals surface area (Å²) in [6, 6.07) is 17.0. The second-order valence-corrected chi connectivity index (χ2v) is 5.23. The van der Waals surface area contributed by atoms with Crippen LogP contribution in [0.25, 0.3) is 5.57 Å². The summed E-state index contributed by atoms with van der Waals surface area (Å²) >= 11 is 0. The highest BCUT2D eigenvalue weighted by molar-refractivity contribution is 5.70. The third kappa shape index (κ3) is 3.23. The third-order valence-corrected chi connectivity index (χ3v) is 3.65. The maximum atomic E-state index is 10.7. The maximum absolute atomic E-state index is 10.7. The van der Waals surface area contributed by atoms with E-state index < -0.39 is 0 Å². The molecule has 0 fully saturated rings. The van der Waals surface area contributed by atoms with E-state index in [1.165, 1.54) is 5.56 Å². The zero-order valence-electron chi connectivity index (χ0n) is 12.1. The quantitative estimate of drug-likeness (QED) is 0.632. The highest BCUT2D eigenvalue weighted by Gasteiger charge is 2.11. The van der Waals surface area contributed by atoms with Gasteiger partial charge in [0.05, 0.1) is 4.92 Å². The molecule has 1 aliphatic heterocycles. The number of hydrogen-bond acceptors (Lipinski definition) is 3. The fraction of sp³-hybridized carbons (Fsp3) is 0.111. The second kappa shape index (κ2) is 6.26. The van der Waals surface area contributed by atoms with Crippen molar-refractivity contribution in [3.05, 3.63) is 94.2 Å². The molecule has 3 rings (SSSR count). The molecule has 0 N–H and O–H groups in total. The molecule has 0 bridgehead atoms. The van der Waals surface area contributed by atoms with Gasteiger partial charge in [0.1, 0.15) is 0 Å². The number of allylic oxidation sites excluding steroid dienone is 2. The first-order valence-electron chi connectivity index (χ1n) is 7.12. The van der Waals surface area contributed by atoms with Crippen molar-refractivity contribution in [3.8, 4) is 0 Å². The summed E-state index contributed by atoms with van der Waals surface area (Å²) in [6.45, 7) is 1.64. The number of rotatable bonds is 4. The Kier molecular flexibility index (Phi) is 4.01. The SMILES string of the molecule is O=[N+]([O-])c1ccc(C2=CC=CN(Cc3ccccc3)C2)cc1. The Hall–Kier alpha value is -2.88. The van der Waals surface area contributed by atoms with Gasteiger partial charge in [0.25, 0.3) is 5.69 Å². The number of nitro benzene ring substituents is 1. The van der Waals surface area contributed by atoms with Crippen molar-refractivity contribution < 1.29 is 4.92 Å². The Balaban J connectivity index is 1.72. The summed E-state index contributed by atoms with van der Waals surface area (Å²) in [5, 5.41) is 10.7. The van der Waals surface area contributed by atoms with Gasteiger partial charge in [0, 0.05) is 25.2 Å². The Morgan fingerprint density at radius 2 is 1.77 bits per heavy atom. The molecule has 2 aromatic rings. The molecule has 22 heavy (non-hydrogen) atoms. The Morgan fingerprint density at radius 3 is 2.45 bits per heavy atom. The van der Waals surface area contributed by atoms with Crippen LogP contribution in [0.1, 0.15) is 11.1 Å². The minimum absolute atomic E-state index is 0.122. The molecule has 0 amide bonds. The topological polar surface area (TPSA) is 46.4 Å². The van der Waals surface area contributed by atoms with Gasteiger partial charge in [-0.2, -0.15) is 0 Å². The van der Waals surface area contributed by atoms with Gasteiger partial charge in [-0.05, 0) is 41.1 Å². The largest absolute Gasteiger partial charge is 0.369 e. The fourth-order valence-electron chi connectivity index (χ4n) is 2.52. The lowest BCUT2D eigenvalue weighted by molar-refractivity contribution is -0.384. The lowest BCUT2D eigenvalue weighted by atomic mass is 10.0. The number of non-ortho nitro benzene ring substituents is 1. The molecule has 0 atom stereocenters. The molecular weight excluding hydrogens is 276 g/mol. The van der Waals surface area contributed by atoms with Crippen LogP contribution in [-0.2, 0) is 6.54 Å². The van der Waals surface area contributed by atoms with E-state index in [-0.39, 0.29) is 10.6 Å². The van der Waals surface area contributed by atoms with E-state index in [1.54, 1.807) is 12.1 Å². The van der Waals surface area contributed by atoms with Crippen LogP contribution in [0.2, 0.25) is 0 Å². The van der Waals surface area contributed by atoms with Gasteiger partial charge in [0.15, 0.2) is 0 Å². The van der Waals surface area contributed by atoms with Crippen LogP contribution in [0.5, 0.6) is 0 Å². The molecule has 4 heteroatoms. The predicted octanol–water partition coefficient (Wildman–Crippen LogP) is 4.01. The molecule has 4 nitrogen and oxygen atoms in total. The van der Waals surface area contributed by atoms with E-state index in [2.05, 4.69) is 29.3 Å². The van der Waals surface area contributed by atoms with E-state index in [0.717, 1.165) is 24.2 Å². The molecule has 0 radical (unpaired) electrons. The first kappa shape index (κ1) is 14.1. The smallest absolute Gasteiger partial charge is 0.269 e. The fourth-order valence-corrected chi connectivity index (χ4v) is 2.52. The molecule has 1 heterocycles. The molecule has 2 aromatic carbocycles. The van der Waals surface area contributed by atoms with E-state index >= 15 is 0 Å². The van der Waals surface area contributed by atoms with Gasteiger partial charge in [-0.25, -0.2) is 0 Å². The number of benzene rings is 2. The molecule has 0 aromatic heterocycles. The Bertz CT molecular complexity index is 719. The summed E-state index contributed by atoms with van der Waals surface area (Å²) in [5.74, 6) is 0. The minimum atomic E-state index is -0.374. The van der Waals surface area contributed by atoms with Crippen LogP contribution in [0.3, 0.4) is 0 Å². The lowest BCUT2D eigenvalue weighted by Gasteiger charge is -2.25. The Morgan fingerprint density at radius 1 is 1.05 bits per heavy atom. The first-order valence-corrected chi connectivity index (χ1v) is 7.12. The van der Waals surface area contributed by atoms with Crippen LogP contribution in [0.4, 0.5) is 5.69 Å². The van der Waals surface area contributed by atoms with Gasteiger partial charge in [-0.3, -0.25) is 10.1 Å². The highest BCUT2D eigenvalue weighted by Crippen LogP contribution is 2.23. The van der Waals surface area contributed by atoms with Crippen molar-refractivity contribution in [1.29, 1.82) is 0 Å². The van der Waals surface area contributed by atoms with Gasteiger partial charge in [-0.1, -0.05) is 36.4 Å². The molecule has 0 spiro atoms. The van der Waals surface area contributed by atoms with Crippen LogP contribution in [-0.4, -0.2) is 16.4 Å². The summed E-state index contributed by atoms with van der Waals surface area (Å²) < 4.78 is 0. The average molecular weight is 292 g/mol. The van der Waals surface area contributed by atoms with Crippen molar-refractivity contribution in [3.63, 3.8) is 0 Å². The molecule has 0 aliphatic carbocycles. The van der Waals surface area contributed by atoms with E-state index in [1.807, 2.05) is 36.4 Å². The number of nitro groups is 1. The van der Waals surface area contributed by atoms with E-state index in [0.29, 0.717) is 0 Å². The standard InChI is InChI=1S/C18H16N2O2/c21-20(22)18-10-8-16(9-11-18)17-7-4-12-19(14-17)13-15-5-2-1-3-6-15/h1-12H,13-14H2. The second-order valence-electron chi connectivity index (χ2n) is 5.23. The zero-order chi connectivity index (χ0) is 15.4. The highest BCUT2D eigenvalue weighted by atomic mass is 16.6. The minimum Gasteiger partial charge on any atom is -0.369 e. The Labute approximate surface area is 129 Å². The summed E-state index contributed by atoms with van der Waals surface area (Å²) in [7, 11) is 0. The van der Waals surface area contributed by atoms with Crippen molar-refractivity contribution in [2.24, 2.45) is 0 Å². The molecule has 0 unspecified atom stereocenters. The van der Waals surface area contributed by atoms with Gasteiger partial charge in [-0.15, -0.1) is 0 Å². The lowest BCUT2D eigenvalue weighted by Crippen LogP contribution is -2.21. The number of hydrogen-bond donors (Lipinski definition) is 0. The van der Waals surface area contributed by atoms with Crippen molar-refractivity contribution in [1.82, 2.24) is 4.90 Å². The monoisotopic (exact) mass is 292 g/mol. The van der Waals surface area contributed by atoms with Crippen LogP contribution in [0.15, 0.2) is 72.9 Å². The first-order chi connectivity index (χ1) is 10.7. The molecule has 110 valence electrons. The third-order valence-electron chi connectivity index (χ3n) is 3.65. The zero-order valence-corrected chi connectivity index (χ0v) is 12.1. The van der Waals surface area contributed by atoms with Gasteiger partial charge in [0.2, 0.25) is 0 Å². The maximum Gasteiger partial charge on any atom is 0.269 e. The van der Waals surface area contributed by atoms with Crippen molar-refractivity contribution >= 4 is 11.3 Å². The van der Waals surface area contributed by atoms with Gasteiger partial charge >= 0.3 is 0 Å².